The Hall–Kier alpha value is -1.15. The van der Waals surface area contributed by atoms with Crippen LogP contribution in [0.3, 0.4) is 0 Å². The molecule has 3 aromatic rings. The van der Waals surface area contributed by atoms with Crippen LogP contribution < -0.4 is 10.1 Å². The van der Waals surface area contributed by atoms with Crippen LogP contribution in [0, 0.1) is 6.92 Å². The maximum absolute atomic E-state index is 12.1. The zero-order valence-corrected chi connectivity index (χ0v) is 17.1. The van der Waals surface area contributed by atoms with Crippen LogP contribution in [-0.2, 0) is 4.79 Å². The summed E-state index contributed by atoms with van der Waals surface area (Å²) in [5.74, 6) is 0.374. The van der Waals surface area contributed by atoms with Gasteiger partial charge >= 0.3 is 0 Å². The van der Waals surface area contributed by atoms with Crippen molar-refractivity contribution in [3.63, 3.8) is 0 Å². The van der Waals surface area contributed by atoms with Crippen molar-refractivity contribution in [3.05, 3.63) is 49.9 Å². The lowest BCUT2D eigenvalue weighted by Crippen LogP contribution is -2.20. The summed E-state index contributed by atoms with van der Waals surface area (Å²) in [5, 5.41) is 3.91. The van der Waals surface area contributed by atoms with Crippen molar-refractivity contribution in [2.24, 2.45) is 0 Å². The first-order valence-corrected chi connectivity index (χ1v) is 9.65. The van der Waals surface area contributed by atoms with Crippen molar-refractivity contribution in [2.75, 3.05) is 11.9 Å². The third kappa shape index (κ3) is 4.08. The van der Waals surface area contributed by atoms with E-state index in [-0.39, 0.29) is 12.5 Å². The Kier molecular flexibility index (Phi) is 5.44. The number of hydrogen-bond acceptors (Lipinski definition) is 4. The summed E-state index contributed by atoms with van der Waals surface area (Å²) in [7, 11) is 0. The van der Waals surface area contributed by atoms with Crippen molar-refractivity contribution in [1.82, 2.24) is 4.98 Å². The number of nitrogens with one attached hydrogen (secondary N) is 1. The number of anilines is 1. The number of thiazole rings is 1. The zero-order valence-electron chi connectivity index (χ0n) is 12.4. The van der Waals surface area contributed by atoms with Crippen LogP contribution in [0.15, 0.2) is 39.3 Å². The van der Waals surface area contributed by atoms with Crippen LogP contribution in [0.25, 0.3) is 10.2 Å². The molecule has 0 saturated heterocycles. The summed E-state index contributed by atoms with van der Waals surface area (Å²) >= 11 is 14.2. The number of carbonyl (C=O) groups is 1. The number of ether oxygens (including phenoxy) is 1. The Balaban J connectivity index is 1.67. The molecule has 0 unspecified atom stereocenters. The molecule has 4 nitrogen and oxygen atoms in total. The highest BCUT2D eigenvalue weighted by molar-refractivity contribution is 9.11. The van der Waals surface area contributed by atoms with Gasteiger partial charge < -0.3 is 4.74 Å². The van der Waals surface area contributed by atoms with Gasteiger partial charge in [-0.15, -0.1) is 0 Å². The van der Waals surface area contributed by atoms with Gasteiger partial charge in [-0.3, -0.25) is 10.1 Å². The number of hydrogen-bond donors (Lipinski definition) is 1. The number of aryl methyl sites for hydroxylation is 1. The highest BCUT2D eigenvalue weighted by atomic mass is 79.9. The molecule has 0 radical (unpaired) electrons. The highest BCUT2D eigenvalue weighted by Crippen LogP contribution is 2.32. The predicted octanol–water partition coefficient (Wildman–Crippen LogP) is 5.80. The Bertz CT molecular complexity index is 907. The van der Waals surface area contributed by atoms with Crippen molar-refractivity contribution in [3.8, 4) is 5.75 Å². The number of amides is 1. The summed E-state index contributed by atoms with van der Waals surface area (Å²) < 4.78 is 8.28. The van der Waals surface area contributed by atoms with Crippen LogP contribution in [0.1, 0.15) is 5.56 Å². The molecule has 0 saturated carbocycles. The fraction of sp³-hybridized carbons (Fsp3) is 0.125. The molecule has 1 heterocycles. The molecular formula is C16H11Br2ClN2O2S. The Morgan fingerprint density at radius 1 is 1.33 bits per heavy atom. The monoisotopic (exact) mass is 488 g/mol. The first kappa shape index (κ1) is 17.7. The average Bonchev–Trinajstić information content (AvgIpc) is 2.87. The van der Waals surface area contributed by atoms with Gasteiger partial charge in [0.2, 0.25) is 0 Å². The Morgan fingerprint density at radius 3 is 2.88 bits per heavy atom. The van der Waals surface area contributed by atoms with E-state index in [4.69, 9.17) is 16.3 Å². The third-order valence-electron chi connectivity index (χ3n) is 3.14. The molecule has 3 rings (SSSR count). The van der Waals surface area contributed by atoms with E-state index in [0.717, 1.165) is 24.7 Å². The second kappa shape index (κ2) is 7.39. The second-order valence-electron chi connectivity index (χ2n) is 5.00. The van der Waals surface area contributed by atoms with Gasteiger partial charge in [0, 0.05) is 9.50 Å². The molecular weight excluding hydrogens is 480 g/mol. The van der Waals surface area contributed by atoms with Crippen LogP contribution in [0.4, 0.5) is 5.13 Å². The van der Waals surface area contributed by atoms with Crippen LogP contribution >= 0.6 is 54.8 Å². The molecule has 1 aromatic heterocycles. The summed E-state index contributed by atoms with van der Waals surface area (Å²) in [4.78, 5) is 16.5. The molecule has 124 valence electrons. The second-order valence-corrected chi connectivity index (χ2v) is 8.24. The zero-order chi connectivity index (χ0) is 17.3. The fourth-order valence-electron chi connectivity index (χ4n) is 2.12. The van der Waals surface area contributed by atoms with Crippen molar-refractivity contribution >= 4 is 76.1 Å². The molecule has 0 spiro atoms. The van der Waals surface area contributed by atoms with Crippen molar-refractivity contribution in [1.29, 1.82) is 0 Å². The van der Waals surface area contributed by atoms with Gasteiger partial charge in [0.25, 0.3) is 5.91 Å². The molecule has 0 aliphatic carbocycles. The molecule has 0 bridgehead atoms. The van der Waals surface area contributed by atoms with Gasteiger partial charge in [0.1, 0.15) is 5.75 Å². The maximum Gasteiger partial charge on any atom is 0.264 e. The first-order chi connectivity index (χ1) is 11.4. The minimum atomic E-state index is -0.269. The quantitative estimate of drug-likeness (QED) is 0.503. The van der Waals surface area contributed by atoms with Crippen LogP contribution in [0.5, 0.6) is 5.75 Å². The van der Waals surface area contributed by atoms with E-state index in [9.17, 15) is 4.79 Å². The van der Waals surface area contributed by atoms with Crippen molar-refractivity contribution in [2.45, 2.75) is 6.92 Å². The normalized spacial score (nSPS) is 10.8. The number of benzene rings is 2. The van der Waals surface area contributed by atoms with Gasteiger partial charge in [0.15, 0.2) is 11.7 Å². The van der Waals surface area contributed by atoms with Crippen LogP contribution in [0.2, 0.25) is 5.02 Å². The fourth-order valence-corrected chi connectivity index (χ4v) is 4.83. The van der Waals surface area contributed by atoms with E-state index < -0.39 is 0 Å². The Labute approximate surface area is 164 Å². The standard InChI is InChI=1S/C16H11Br2ClN2O2S/c1-8-4-9(17)5-11(18)15(8)23-7-14(22)21-16-20-12-3-2-10(19)6-13(12)24-16/h2-6H,7H2,1H3,(H,20,21,22). The lowest BCUT2D eigenvalue weighted by molar-refractivity contribution is -0.118. The summed E-state index contributed by atoms with van der Waals surface area (Å²) in [5.41, 5.74) is 1.73. The molecule has 1 amide bonds. The number of carbonyl (C=O) groups excluding carboxylic acids is 1. The van der Waals surface area contributed by atoms with E-state index in [0.29, 0.717) is 15.9 Å². The molecule has 0 aliphatic rings. The summed E-state index contributed by atoms with van der Waals surface area (Å²) in [6.45, 7) is 1.82. The average molecular weight is 491 g/mol. The third-order valence-corrected chi connectivity index (χ3v) is 5.35. The molecule has 24 heavy (non-hydrogen) atoms. The van der Waals surface area contributed by atoms with Crippen LogP contribution in [-0.4, -0.2) is 17.5 Å². The molecule has 2 aromatic carbocycles. The molecule has 0 aliphatic heterocycles. The number of halogens is 3. The summed E-state index contributed by atoms with van der Waals surface area (Å²) in [6.07, 6.45) is 0. The van der Waals surface area contributed by atoms with E-state index in [1.165, 1.54) is 11.3 Å². The number of nitrogens with zero attached hydrogens (tertiary/aromatic N) is 1. The van der Waals surface area contributed by atoms with Gasteiger partial charge in [-0.25, -0.2) is 4.98 Å². The SMILES string of the molecule is Cc1cc(Br)cc(Br)c1OCC(=O)Nc1nc2ccc(Cl)cc2s1. The molecule has 0 fully saturated rings. The topological polar surface area (TPSA) is 51.2 Å². The van der Waals surface area contributed by atoms with Gasteiger partial charge in [-0.1, -0.05) is 38.9 Å². The number of aromatic nitrogens is 1. The van der Waals surface area contributed by atoms with Gasteiger partial charge in [0.05, 0.1) is 14.7 Å². The maximum atomic E-state index is 12.1. The predicted molar refractivity (Wildman–Crippen MR) is 105 cm³/mol. The van der Waals surface area contributed by atoms with E-state index in [2.05, 4.69) is 42.2 Å². The molecule has 0 atom stereocenters. The lowest BCUT2D eigenvalue weighted by atomic mass is 10.2. The summed E-state index contributed by atoms with van der Waals surface area (Å²) in [6, 6.07) is 9.21. The minimum Gasteiger partial charge on any atom is -0.482 e. The van der Waals surface area contributed by atoms with Crippen molar-refractivity contribution < 1.29 is 9.53 Å². The van der Waals surface area contributed by atoms with E-state index in [1.807, 2.05) is 31.2 Å². The lowest BCUT2D eigenvalue weighted by Gasteiger charge is -2.11. The largest absolute Gasteiger partial charge is 0.482 e. The van der Waals surface area contributed by atoms with E-state index >= 15 is 0 Å². The Morgan fingerprint density at radius 2 is 2.12 bits per heavy atom. The number of rotatable bonds is 4. The number of fused-ring (bicyclic) bond motifs is 1. The minimum absolute atomic E-state index is 0.0995. The smallest absolute Gasteiger partial charge is 0.264 e. The van der Waals surface area contributed by atoms with E-state index in [1.54, 1.807) is 6.07 Å². The molecule has 8 heteroatoms. The molecule has 1 N–H and O–H groups in total. The van der Waals surface area contributed by atoms with Gasteiger partial charge in [-0.05, 0) is 58.7 Å². The van der Waals surface area contributed by atoms with Gasteiger partial charge in [-0.2, -0.15) is 0 Å². The highest BCUT2D eigenvalue weighted by Gasteiger charge is 2.12. The first-order valence-electron chi connectivity index (χ1n) is 6.87.